The third-order valence-electron chi connectivity index (χ3n) is 2.64. The second-order valence-electron chi connectivity index (χ2n) is 4.69. The third-order valence-corrected chi connectivity index (χ3v) is 2.64. The molecular weight excluding hydrogens is 304 g/mol. The van der Waals surface area contributed by atoms with E-state index in [1.807, 2.05) is 0 Å². The Hall–Kier alpha value is -1.93. The molecule has 0 atom stereocenters. The van der Waals surface area contributed by atoms with Crippen molar-refractivity contribution in [1.29, 1.82) is 0 Å². The maximum absolute atomic E-state index is 11.3. The van der Waals surface area contributed by atoms with Gasteiger partial charge in [0.15, 0.2) is 0 Å². The highest BCUT2D eigenvalue weighted by Gasteiger charge is 2.05. The molecule has 0 saturated carbocycles. The lowest BCUT2D eigenvalue weighted by atomic mass is 10.3. The van der Waals surface area contributed by atoms with Gasteiger partial charge in [-0.2, -0.15) is 0 Å². The number of ether oxygens (including phenoxy) is 3. The molecule has 0 aliphatic heterocycles. The van der Waals surface area contributed by atoms with Crippen LogP contribution in [0.2, 0.25) is 0 Å². The van der Waals surface area contributed by atoms with Gasteiger partial charge in [0.05, 0.1) is 40.0 Å². The van der Waals surface area contributed by atoms with E-state index in [9.17, 15) is 14.4 Å². The van der Waals surface area contributed by atoms with Gasteiger partial charge < -0.3 is 24.8 Å². The predicted octanol–water partition coefficient (Wildman–Crippen LogP) is -0.219. The van der Waals surface area contributed by atoms with Crippen LogP contribution < -0.4 is 10.6 Å². The average Bonchev–Trinajstić information content (AvgIpc) is 2.53. The van der Waals surface area contributed by atoms with Crippen molar-refractivity contribution in [3.63, 3.8) is 0 Å². The second-order valence-corrected chi connectivity index (χ2v) is 4.69. The van der Waals surface area contributed by atoms with Crippen LogP contribution in [0.1, 0.15) is 19.8 Å². The Kier molecular flexibility index (Phi) is 12.6. The fraction of sp³-hybridized carbons (Fsp3) is 0.667. The average molecular weight is 330 g/mol. The minimum Gasteiger partial charge on any atom is -0.469 e. The van der Waals surface area contributed by atoms with Gasteiger partial charge in [-0.1, -0.05) is 6.58 Å². The highest BCUT2D eigenvalue weighted by molar-refractivity contribution is 5.92. The van der Waals surface area contributed by atoms with E-state index in [0.717, 1.165) is 0 Å². The third kappa shape index (κ3) is 13.5. The zero-order valence-corrected chi connectivity index (χ0v) is 13.8. The van der Waals surface area contributed by atoms with Crippen molar-refractivity contribution in [2.75, 3.05) is 46.6 Å². The molecule has 0 unspecified atom stereocenters. The summed E-state index contributed by atoms with van der Waals surface area (Å²) in [6.45, 7) is 7.50. The van der Waals surface area contributed by atoms with Gasteiger partial charge in [-0.05, 0) is 6.92 Å². The van der Waals surface area contributed by atoms with Crippen molar-refractivity contribution in [2.24, 2.45) is 0 Å². The summed E-state index contributed by atoms with van der Waals surface area (Å²) < 4.78 is 15.0. The van der Waals surface area contributed by atoms with Crippen molar-refractivity contribution in [3.8, 4) is 0 Å². The Morgan fingerprint density at radius 2 is 1.48 bits per heavy atom. The van der Waals surface area contributed by atoms with Crippen LogP contribution in [-0.2, 0) is 28.6 Å². The van der Waals surface area contributed by atoms with Crippen LogP contribution >= 0.6 is 0 Å². The number of methoxy groups -OCH3 is 1. The van der Waals surface area contributed by atoms with E-state index in [-0.39, 0.29) is 24.7 Å². The first-order valence-corrected chi connectivity index (χ1v) is 7.40. The smallest absolute Gasteiger partial charge is 0.306 e. The first kappa shape index (κ1) is 21.1. The van der Waals surface area contributed by atoms with Crippen LogP contribution in [0, 0.1) is 0 Å². The molecule has 23 heavy (non-hydrogen) atoms. The summed E-state index contributed by atoms with van der Waals surface area (Å²) in [5, 5.41) is 5.27. The number of rotatable bonds is 13. The van der Waals surface area contributed by atoms with Gasteiger partial charge in [0.1, 0.15) is 0 Å². The molecule has 8 nitrogen and oxygen atoms in total. The van der Waals surface area contributed by atoms with E-state index in [2.05, 4.69) is 21.9 Å². The molecule has 0 bridgehead atoms. The minimum absolute atomic E-state index is 0.0684. The lowest BCUT2D eigenvalue weighted by molar-refractivity contribution is -0.142. The molecule has 0 aliphatic rings. The fourth-order valence-electron chi connectivity index (χ4n) is 1.38. The minimum atomic E-state index is -0.409. The molecule has 0 aromatic rings. The molecule has 132 valence electrons. The number of esters is 1. The van der Waals surface area contributed by atoms with Gasteiger partial charge in [-0.25, -0.2) is 0 Å². The SMILES string of the molecule is C=C(C)C(=O)NCCOCCOCCNC(=O)CCC(=O)OC. The highest BCUT2D eigenvalue weighted by Crippen LogP contribution is 1.91. The first-order chi connectivity index (χ1) is 11.0. The van der Waals surface area contributed by atoms with Crippen LogP contribution in [0.5, 0.6) is 0 Å². The van der Waals surface area contributed by atoms with Crippen molar-refractivity contribution in [2.45, 2.75) is 19.8 Å². The number of hydrogen-bond donors (Lipinski definition) is 2. The van der Waals surface area contributed by atoms with Gasteiger partial charge in [-0.15, -0.1) is 0 Å². The summed E-state index contributed by atoms with van der Waals surface area (Å²) in [6, 6.07) is 0. The topological polar surface area (TPSA) is 103 Å². The van der Waals surface area contributed by atoms with E-state index in [1.54, 1.807) is 6.92 Å². The summed E-state index contributed by atoms with van der Waals surface area (Å²) >= 11 is 0. The Morgan fingerprint density at radius 3 is 2.00 bits per heavy atom. The first-order valence-electron chi connectivity index (χ1n) is 7.40. The number of hydrogen-bond acceptors (Lipinski definition) is 6. The number of amides is 2. The maximum atomic E-state index is 11.3. The lowest BCUT2D eigenvalue weighted by Crippen LogP contribution is -2.29. The molecule has 2 amide bonds. The monoisotopic (exact) mass is 330 g/mol. The van der Waals surface area contributed by atoms with Gasteiger partial charge in [0, 0.05) is 25.1 Å². The van der Waals surface area contributed by atoms with Gasteiger partial charge >= 0.3 is 5.97 Å². The van der Waals surface area contributed by atoms with E-state index in [4.69, 9.17) is 9.47 Å². The fourth-order valence-corrected chi connectivity index (χ4v) is 1.38. The molecule has 0 saturated heterocycles. The Morgan fingerprint density at radius 1 is 0.913 bits per heavy atom. The van der Waals surface area contributed by atoms with Gasteiger partial charge in [0.25, 0.3) is 0 Å². The largest absolute Gasteiger partial charge is 0.469 e. The van der Waals surface area contributed by atoms with Crippen molar-refractivity contribution in [3.05, 3.63) is 12.2 Å². The van der Waals surface area contributed by atoms with Crippen LogP contribution in [0.25, 0.3) is 0 Å². The normalized spacial score (nSPS) is 10.0. The Labute approximate surface area is 136 Å². The number of carbonyl (C=O) groups excluding carboxylic acids is 3. The van der Waals surface area contributed by atoms with E-state index >= 15 is 0 Å². The van der Waals surface area contributed by atoms with Crippen LogP contribution in [-0.4, -0.2) is 64.4 Å². The van der Waals surface area contributed by atoms with Gasteiger partial charge in [-0.3, -0.25) is 14.4 Å². The van der Waals surface area contributed by atoms with E-state index < -0.39 is 5.97 Å². The van der Waals surface area contributed by atoms with Crippen molar-refractivity contribution in [1.82, 2.24) is 10.6 Å². The standard InChI is InChI=1S/C15H26N2O6/c1-12(2)15(20)17-7-9-23-11-10-22-8-6-16-13(18)4-5-14(19)21-3/h1,4-11H2,2-3H3,(H,16,18)(H,17,20). The second kappa shape index (κ2) is 13.7. The zero-order valence-electron chi connectivity index (χ0n) is 13.8. The van der Waals surface area contributed by atoms with Crippen LogP contribution in [0.4, 0.5) is 0 Å². The summed E-state index contributed by atoms with van der Waals surface area (Å²) in [4.78, 5) is 33.3. The van der Waals surface area contributed by atoms with Crippen LogP contribution in [0.15, 0.2) is 12.2 Å². The molecule has 2 N–H and O–H groups in total. The number of carbonyl (C=O) groups is 3. The van der Waals surface area contributed by atoms with Crippen molar-refractivity contribution < 1.29 is 28.6 Å². The van der Waals surface area contributed by atoms with Crippen LogP contribution in [0.3, 0.4) is 0 Å². The molecular formula is C15H26N2O6. The molecule has 0 fully saturated rings. The quantitative estimate of drug-likeness (QED) is 0.275. The Bertz CT molecular complexity index is 397. The predicted molar refractivity (Wildman–Crippen MR) is 83.7 cm³/mol. The number of nitrogens with one attached hydrogen (secondary N) is 2. The summed E-state index contributed by atoms with van der Waals surface area (Å²) in [7, 11) is 1.28. The van der Waals surface area contributed by atoms with E-state index in [0.29, 0.717) is 45.1 Å². The molecule has 0 rings (SSSR count). The molecule has 0 heterocycles. The summed E-state index contributed by atoms with van der Waals surface area (Å²) in [6.07, 6.45) is 0.171. The molecule has 0 aromatic carbocycles. The summed E-state index contributed by atoms with van der Waals surface area (Å²) in [5.41, 5.74) is 0.460. The summed E-state index contributed by atoms with van der Waals surface area (Å²) in [5.74, 6) is -0.815. The molecule has 0 aromatic heterocycles. The highest BCUT2D eigenvalue weighted by atomic mass is 16.5. The lowest BCUT2D eigenvalue weighted by Gasteiger charge is -2.08. The molecule has 0 radical (unpaired) electrons. The maximum Gasteiger partial charge on any atom is 0.306 e. The molecule has 0 spiro atoms. The Balaban J connectivity index is 3.30. The molecule has 8 heteroatoms. The molecule has 0 aliphatic carbocycles. The zero-order chi connectivity index (χ0) is 17.5. The van der Waals surface area contributed by atoms with E-state index in [1.165, 1.54) is 7.11 Å². The van der Waals surface area contributed by atoms with Crippen molar-refractivity contribution >= 4 is 17.8 Å². The van der Waals surface area contributed by atoms with Gasteiger partial charge in [0.2, 0.25) is 11.8 Å².